The van der Waals surface area contributed by atoms with Crippen LogP contribution in [0.4, 0.5) is 44.8 Å². The minimum absolute atomic E-state index is 0.165. The van der Waals surface area contributed by atoms with E-state index in [1.165, 1.54) is 0 Å². The Bertz CT molecular complexity index is 7210. The maximum Gasteiger partial charge on any atom is 0.410 e. The summed E-state index contributed by atoms with van der Waals surface area (Å²) >= 11 is 32.1. The highest BCUT2D eigenvalue weighted by Gasteiger charge is 2.36. The molecule has 30 nitrogen and oxygen atoms in total. The first-order chi connectivity index (χ1) is 65.0. The van der Waals surface area contributed by atoms with E-state index in [0.717, 1.165) is 94.9 Å². The number of aryl methyl sites for hydroxylation is 4. The number of hydrogen-bond acceptors (Lipinski definition) is 28. The molecule has 16 aromatic rings. The standard InChI is InChI=1S/C34H31Cl2N5O5S.C34H32ClN5O5S.2C15H13ClN4O/c1-21-18-23(30-27(35)12-13-29(45-2)31(30)36)19-28-32(21)38-33(40-39-28)37-24-8-10-25(11-9-24)47(43,44)26-14-16-41(17-15-26)34(42)46-20-22-6-4-3-5-7-22;1-22-18-24(29-20-26(44-2)10-13-30(29)35)19-31-32(22)37-33(39-38-31)36-25-8-11-27(12-9-25)46(42,43)28-14-16-40(17-15-28)34(41)45-21-23-6-4-3-5-7-23;2*1-8-5-9(6-13-14(8)18-15(17)20-19-13)11-7-10(21-2)3-4-12(11)16/h3-13,18-19,26H,14-17,20H2,1-2H3,(H,37,38,40);3-13,18-20,28H,14-17,21H2,1-2H3,(H,36,37,39);2*3-7H,1-2H3,(H2,17,18,20). The van der Waals surface area contributed by atoms with Crippen molar-refractivity contribution in [2.75, 3.05) is 76.7 Å². The maximum atomic E-state index is 13.4. The summed E-state index contributed by atoms with van der Waals surface area (Å²) in [6.07, 6.45) is 0.464. The molecule has 0 unspecified atom stereocenters. The van der Waals surface area contributed by atoms with Gasteiger partial charge in [0.2, 0.25) is 23.8 Å². The van der Waals surface area contributed by atoms with Crippen molar-refractivity contribution >= 4 is 169 Å². The molecule has 18 rings (SSSR count). The number of halogens is 5. The lowest BCUT2D eigenvalue weighted by Crippen LogP contribution is -2.42. The Hall–Kier alpha value is -14.0. The number of methoxy groups -OCH3 is 4. The van der Waals surface area contributed by atoms with Crippen LogP contribution in [0.25, 0.3) is 88.6 Å². The van der Waals surface area contributed by atoms with Crippen LogP contribution in [0.2, 0.25) is 25.1 Å². The van der Waals surface area contributed by atoms with Crippen molar-refractivity contribution < 1.29 is 54.8 Å². The highest BCUT2D eigenvalue weighted by molar-refractivity contribution is 7.92. The summed E-state index contributed by atoms with van der Waals surface area (Å²) in [5.41, 5.74) is 29.8. The van der Waals surface area contributed by atoms with Gasteiger partial charge in [0.1, 0.15) is 58.3 Å². The van der Waals surface area contributed by atoms with E-state index in [9.17, 15) is 26.4 Å². The SMILES string of the molecule is COc1ccc(Cl)c(-c2cc(C)c3nc(N)nnc3c2)c1.COc1ccc(Cl)c(-c2cc(C)c3nc(N)nnc3c2)c1.COc1ccc(Cl)c(-c2cc(C)c3nc(Nc4ccc(S(=O)(=O)C5CCN(C(=O)OCc6ccccc6)CC5)cc4)nnc3c2)c1.COc1ccc(Cl)c(-c2cc(C)c3nc(Nc4ccc(S(=O)(=O)C5CCN(C(=O)OCc6ccccc6)CC5)cc4)nnc3c2)c1Cl. The maximum absolute atomic E-state index is 13.4. The van der Waals surface area contributed by atoms with Crippen LogP contribution < -0.4 is 41.0 Å². The van der Waals surface area contributed by atoms with Gasteiger partial charge in [0.25, 0.3) is 0 Å². The summed E-state index contributed by atoms with van der Waals surface area (Å²) in [6.45, 7) is 9.36. The van der Waals surface area contributed by atoms with Crippen molar-refractivity contribution in [3.63, 3.8) is 0 Å². The van der Waals surface area contributed by atoms with Crippen LogP contribution in [0.5, 0.6) is 23.0 Å². The minimum Gasteiger partial charge on any atom is -0.497 e. The van der Waals surface area contributed by atoms with E-state index in [4.69, 9.17) is 97.9 Å². The third kappa shape index (κ3) is 22.6. The fourth-order valence-corrected chi connectivity index (χ4v) is 20.3. The van der Waals surface area contributed by atoms with Crippen LogP contribution in [0.15, 0.2) is 234 Å². The number of hydrogen-bond donors (Lipinski definition) is 4. The van der Waals surface area contributed by atoms with Gasteiger partial charge in [0.05, 0.1) is 80.8 Å². The third-order valence-electron chi connectivity index (χ3n) is 22.6. The molecular formula is C98H89Cl5N18O12S2. The van der Waals surface area contributed by atoms with E-state index in [-0.39, 0.29) is 46.8 Å². The largest absolute Gasteiger partial charge is 0.497 e. The van der Waals surface area contributed by atoms with Crippen molar-refractivity contribution in [3.05, 3.63) is 283 Å². The Labute approximate surface area is 802 Å². The van der Waals surface area contributed by atoms with Gasteiger partial charge < -0.3 is 60.3 Å². The Morgan fingerprint density at radius 2 is 0.704 bits per heavy atom. The number of benzene rings is 12. The fraction of sp³-hybridized carbons (Fsp3) is 0.204. The molecule has 0 aliphatic carbocycles. The van der Waals surface area contributed by atoms with Crippen LogP contribution >= 0.6 is 58.0 Å². The van der Waals surface area contributed by atoms with Crippen LogP contribution in [-0.2, 0) is 42.4 Å². The molecule has 4 aromatic heterocycles. The van der Waals surface area contributed by atoms with Gasteiger partial charge in [-0.2, -0.15) is 0 Å². The van der Waals surface area contributed by atoms with Gasteiger partial charge in [-0.15, -0.1) is 40.8 Å². The summed E-state index contributed by atoms with van der Waals surface area (Å²) in [6, 6.07) is 67.1. The molecule has 6 heterocycles. The zero-order valence-corrected chi connectivity index (χ0v) is 79.5. The highest BCUT2D eigenvalue weighted by Crippen LogP contribution is 2.44. The number of ether oxygens (including phenoxy) is 6. The van der Waals surface area contributed by atoms with Crippen LogP contribution in [0, 0.1) is 27.7 Å². The first kappa shape index (κ1) is 95.6. The van der Waals surface area contributed by atoms with Crippen LogP contribution in [0.1, 0.15) is 59.1 Å². The van der Waals surface area contributed by atoms with E-state index >= 15 is 0 Å². The predicted molar refractivity (Wildman–Crippen MR) is 526 cm³/mol. The molecule has 0 saturated carbocycles. The molecule has 12 aromatic carbocycles. The molecule has 6 N–H and O–H groups in total. The zero-order chi connectivity index (χ0) is 95.4. The second kappa shape index (κ2) is 42.5. The Kier molecular flexibility index (Phi) is 30.1. The number of nitrogen functional groups attached to an aromatic ring is 2. The highest BCUT2D eigenvalue weighted by atomic mass is 35.5. The number of piperidine rings is 2. The van der Waals surface area contributed by atoms with E-state index in [1.807, 2.05) is 179 Å². The number of likely N-dealkylation sites (tertiary alicyclic amines) is 2. The van der Waals surface area contributed by atoms with Crippen molar-refractivity contribution in [2.45, 2.75) is 86.9 Å². The zero-order valence-electron chi connectivity index (χ0n) is 74.1. The number of carbonyl (C=O) groups excluding carboxylic acids is 2. The number of amides is 2. The summed E-state index contributed by atoms with van der Waals surface area (Å²) in [4.78, 5) is 46.3. The molecule has 2 saturated heterocycles. The quantitative estimate of drug-likeness (QED) is 0.0550. The second-order valence-electron chi connectivity index (χ2n) is 31.6. The molecule has 0 spiro atoms. The Morgan fingerprint density at radius 3 is 1.05 bits per heavy atom. The monoisotopic (exact) mass is 1950 g/mol. The molecule has 0 radical (unpaired) electrons. The third-order valence-corrected chi connectivity index (χ3v) is 28.9. The summed E-state index contributed by atoms with van der Waals surface area (Å²) in [7, 11) is -0.806. The number of nitrogens with one attached hydrogen (secondary N) is 2. The molecule has 690 valence electrons. The lowest BCUT2D eigenvalue weighted by molar-refractivity contribution is 0.0891. The lowest BCUT2D eigenvalue weighted by atomic mass is 10.0. The molecule has 2 fully saturated rings. The van der Waals surface area contributed by atoms with Gasteiger partial charge in [0.15, 0.2) is 19.7 Å². The average Bonchev–Trinajstić information content (AvgIpc) is 0.803. The number of nitrogens with two attached hydrogens (primary N) is 2. The van der Waals surface area contributed by atoms with Gasteiger partial charge in [-0.1, -0.05) is 119 Å². The molecule has 135 heavy (non-hydrogen) atoms. The molecular weight excluding hydrogens is 1860 g/mol. The van der Waals surface area contributed by atoms with Crippen LogP contribution in [-0.4, -0.2) is 165 Å². The van der Waals surface area contributed by atoms with Gasteiger partial charge >= 0.3 is 12.2 Å². The van der Waals surface area contributed by atoms with Crippen molar-refractivity contribution in [3.8, 4) is 67.5 Å². The first-order valence-corrected chi connectivity index (χ1v) is 47.3. The number of aromatic nitrogens is 12. The van der Waals surface area contributed by atoms with Gasteiger partial charge in [0, 0.05) is 74.9 Å². The first-order valence-electron chi connectivity index (χ1n) is 42.3. The molecule has 0 bridgehead atoms. The smallest absolute Gasteiger partial charge is 0.410 e. The van der Waals surface area contributed by atoms with Gasteiger partial charge in [-0.05, 0) is 273 Å². The average molecular weight is 1950 g/mol. The van der Waals surface area contributed by atoms with Crippen molar-refractivity contribution in [1.82, 2.24) is 70.5 Å². The number of nitrogens with zero attached hydrogens (tertiary/aromatic N) is 14. The summed E-state index contributed by atoms with van der Waals surface area (Å²) in [5, 5.41) is 40.8. The van der Waals surface area contributed by atoms with E-state index < -0.39 is 42.4 Å². The summed E-state index contributed by atoms with van der Waals surface area (Å²) < 4.78 is 85.7. The van der Waals surface area contributed by atoms with E-state index in [0.29, 0.717) is 139 Å². The van der Waals surface area contributed by atoms with Crippen LogP contribution in [0.3, 0.4) is 0 Å². The number of fused-ring (bicyclic) bond motifs is 4. The minimum atomic E-state index is -3.61. The van der Waals surface area contributed by atoms with E-state index in [2.05, 4.69) is 71.4 Å². The number of rotatable bonds is 20. The predicted octanol–water partition coefficient (Wildman–Crippen LogP) is 21.1. The molecule has 0 atom stereocenters. The van der Waals surface area contributed by atoms with Gasteiger partial charge in [-0.25, -0.2) is 46.4 Å². The molecule has 2 amide bonds. The van der Waals surface area contributed by atoms with Crippen molar-refractivity contribution in [2.24, 2.45) is 0 Å². The molecule has 37 heteroatoms. The van der Waals surface area contributed by atoms with Crippen molar-refractivity contribution in [1.29, 1.82) is 0 Å². The number of sulfone groups is 2. The second-order valence-corrected chi connectivity index (χ2v) is 38.0. The number of carbonyl (C=O) groups is 2. The fourth-order valence-electron chi connectivity index (χ4n) is 15.5. The normalized spacial score (nSPS) is 12.9. The summed E-state index contributed by atoms with van der Waals surface area (Å²) in [5.74, 6) is 3.56. The molecule has 2 aliphatic heterocycles. The Morgan fingerprint density at radius 1 is 0.378 bits per heavy atom. The van der Waals surface area contributed by atoms with Gasteiger partial charge in [-0.3, -0.25) is 0 Å². The Balaban J connectivity index is 0.000000146. The topological polar surface area (TPSA) is 395 Å². The van der Waals surface area contributed by atoms with E-state index in [1.54, 1.807) is 111 Å². The number of anilines is 6. The lowest BCUT2D eigenvalue weighted by Gasteiger charge is -2.31. The molecule has 2 aliphatic rings.